The van der Waals surface area contributed by atoms with E-state index in [2.05, 4.69) is 15.6 Å². The van der Waals surface area contributed by atoms with E-state index in [1.165, 1.54) is 0 Å². The molecule has 0 aliphatic heterocycles. The molecule has 2 aromatic carbocycles. The van der Waals surface area contributed by atoms with E-state index in [0.29, 0.717) is 11.1 Å². The number of benzene rings is 2. The van der Waals surface area contributed by atoms with Crippen LogP contribution in [0.25, 0.3) is 32.3 Å². The summed E-state index contributed by atoms with van der Waals surface area (Å²) in [7, 11) is 0. The molecule has 1 aliphatic carbocycles. The Hall–Kier alpha value is -3.53. The molecule has 0 amide bonds. The number of carbonyl (C=O) groups is 2. The summed E-state index contributed by atoms with van der Waals surface area (Å²) in [6.45, 7) is 0. The van der Waals surface area contributed by atoms with Gasteiger partial charge in [0, 0.05) is 0 Å². The van der Waals surface area contributed by atoms with Crippen molar-refractivity contribution in [1.29, 1.82) is 0 Å². The molecular weight excluding hydrogens is 439 g/mol. The molecule has 0 spiro atoms. The van der Waals surface area contributed by atoms with Gasteiger partial charge < -0.3 is 0 Å². The first-order chi connectivity index (χ1) is 14.7. The molecule has 0 unspecified atom stereocenters. The van der Waals surface area contributed by atoms with Gasteiger partial charge in [-0.05, 0) is 0 Å². The topological polar surface area (TPSA) is 52.0 Å². The Bertz CT molecular complexity index is 1480. The van der Waals surface area contributed by atoms with Crippen molar-refractivity contribution in [3.8, 4) is 4.56 Å². The van der Waals surface area contributed by atoms with Crippen molar-refractivity contribution in [3.63, 3.8) is 0 Å². The van der Waals surface area contributed by atoms with Gasteiger partial charge in [-0.1, -0.05) is 0 Å². The average Bonchev–Trinajstić information content (AvgIpc) is 3.47. The number of ketones is 2. The molecule has 5 aromatic rings. The van der Waals surface area contributed by atoms with Crippen LogP contribution >= 0.6 is 0 Å². The summed E-state index contributed by atoms with van der Waals surface area (Å²) in [5.41, 5.74) is 2.39. The molecule has 3 aromatic heterocycles. The number of rotatable bonds is 2. The molecule has 4 nitrogen and oxygen atoms in total. The molecule has 0 saturated carbocycles. The Balaban J connectivity index is 1.41. The number of hydrogen-bond acceptors (Lipinski definition) is 3. The van der Waals surface area contributed by atoms with Crippen LogP contribution in [0.2, 0.25) is 0 Å². The van der Waals surface area contributed by atoms with Gasteiger partial charge in [-0.25, -0.2) is 0 Å². The molecule has 6 rings (SSSR count). The van der Waals surface area contributed by atoms with Crippen LogP contribution in [-0.4, -0.2) is 35.6 Å². The number of aromatic nitrogens is 2. The average molecular weight is 453 g/mol. The van der Waals surface area contributed by atoms with Gasteiger partial charge in [0.05, 0.1) is 0 Å². The van der Waals surface area contributed by atoms with Crippen LogP contribution < -0.4 is 0 Å². The number of nitrogens with zero attached hydrogens (tertiary/aromatic N) is 2. The number of carbonyl (C=O) groups excluding carboxylic acids is 2. The van der Waals surface area contributed by atoms with Gasteiger partial charge in [-0.2, -0.15) is 0 Å². The zero-order chi connectivity index (χ0) is 20.2. The first kappa shape index (κ1) is 17.3. The van der Waals surface area contributed by atoms with Crippen LogP contribution in [0.1, 0.15) is 25.2 Å². The molecule has 0 saturated heterocycles. The van der Waals surface area contributed by atoms with E-state index in [9.17, 15) is 9.59 Å². The Labute approximate surface area is 177 Å². The summed E-state index contributed by atoms with van der Waals surface area (Å²) in [6, 6.07) is 19.6. The summed E-state index contributed by atoms with van der Waals surface area (Å²) in [5.74, 6) is -0.355. The van der Waals surface area contributed by atoms with Crippen molar-refractivity contribution in [2.24, 2.45) is 0 Å². The third-order valence-electron chi connectivity index (χ3n) is 5.49. The number of fused-ring (bicyclic) bond motifs is 3. The zero-order valence-corrected chi connectivity index (χ0v) is 17.4. The van der Waals surface area contributed by atoms with E-state index < -0.39 is 0 Å². The van der Waals surface area contributed by atoms with E-state index in [-0.39, 0.29) is 31.6 Å². The monoisotopic (exact) mass is 454 g/mol. The number of allylic oxidation sites excluding steroid dienone is 1. The Kier molecular flexibility index (Phi) is 3.75. The first-order valence-corrected chi connectivity index (χ1v) is 11.3. The van der Waals surface area contributed by atoms with Gasteiger partial charge in [0.25, 0.3) is 0 Å². The van der Waals surface area contributed by atoms with Gasteiger partial charge in [0.2, 0.25) is 0 Å². The summed E-state index contributed by atoms with van der Waals surface area (Å²) in [5, 5.41) is 3.03. The summed E-state index contributed by atoms with van der Waals surface area (Å²) >= 11 is 0.00225. The van der Waals surface area contributed by atoms with Crippen LogP contribution in [0, 0.1) is 0 Å². The van der Waals surface area contributed by atoms with Gasteiger partial charge in [-0.3, -0.25) is 0 Å². The van der Waals surface area contributed by atoms with E-state index in [1.54, 1.807) is 12.3 Å². The van der Waals surface area contributed by atoms with Gasteiger partial charge >= 0.3 is 178 Å². The molecule has 1 aliphatic rings. The SMILES string of the molecule is O=C1C(=Cc2ccc(-n3ccc4cnccc43)[se]2)C(=O)c2cc3ccccc3cc21. The molecule has 0 fully saturated rings. The minimum absolute atomic E-state index is 0.00225. The number of pyridine rings is 1. The van der Waals surface area contributed by atoms with Crippen molar-refractivity contribution in [2.45, 2.75) is 0 Å². The maximum absolute atomic E-state index is 13.0. The summed E-state index contributed by atoms with van der Waals surface area (Å²) in [4.78, 5) is 30.1. The standard InChI is InChI=1S/C25H14N2O2Se/c28-24-19-11-15-3-1-2-4-16(15)12-20(19)25(29)21(24)13-18-5-6-23(30-18)27-10-8-17-14-26-9-7-22(17)27/h1-14H. The van der Waals surface area contributed by atoms with Crippen molar-refractivity contribution in [1.82, 2.24) is 9.55 Å². The van der Waals surface area contributed by atoms with Gasteiger partial charge in [0.1, 0.15) is 0 Å². The van der Waals surface area contributed by atoms with Crippen LogP contribution in [0.15, 0.2) is 84.8 Å². The quantitative estimate of drug-likeness (QED) is 0.221. The normalized spacial score (nSPS) is 13.4. The maximum atomic E-state index is 13.0. The van der Waals surface area contributed by atoms with E-state index in [0.717, 1.165) is 30.7 Å². The molecular formula is C25H14N2O2Se. The fraction of sp³-hybridized carbons (Fsp3) is 0. The summed E-state index contributed by atoms with van der Waals surface area (Å²) < 4.78 is 4.33. The fourth-order valence-corrected chi connectivity index (χ4v) is 6.00. The number of hydrogen-bond donors (Lipinski definition) is 0. The van der Waals surface area contributed by atoms with Crippen LogP contribution in [-0.2, 0) is 0 Å². The molecule has 0 atom stereocenters. The molecule has 3 heterocycles. The molecule has 0 N–H and O–H groups in total. The van der Waals surface area contributed by atoms with Crippen molar-refractivity contribution < 1.29 is 9.59 Å². The van der Waals surface area contributed by atoms with Crippen LogP contribution in [0.5, 0.6) is 0 Å². The Morgan fingerprint density at radius 1 is 0.833 bits per heavy atom. The van der Waals surface area contributed by atoms with E-state index in [1.807, 2.05) is 67.0 Å². The van der Waals surface area contributed by atoms with Gasteiger partial charge in [0.15, 0.2) is 0 Å². The molecule has 0 radical (unpaired) electrons. The Morgan fingerprint density at radius 2 is 1.57 bits per heavy atom. The second-order valence-electron chi connectivity index (χ2n) is 7.26. The molecule has 142 valence electrons. The van der Waals surface area contributed by atoms with Gasteiger partial charge in [-0.15, -0.1) is 0 Å². The zero-order valence-electron chi connectivity index (χ0n) is 15.7. The first-order valence-electron chi connectivity index (χ1n) is 9.54. The third kappa shape index (κ3) is 2.57. The van der Waals surface area contributed by atoms with Crippen LogP contribution in [0.3, 0.4) is 0 Å². The molecule has 0 bridgehead atoms. The molecule has 5 heteroatoms. The van der Waals surface area contributed by atoms with E-state index >= 15 is 0 Å². The third-order valence-corrected chi connectivity index (χ3v) is 7.66. The predicted octanol–water partition coefficient (Wildman–Crippen LogP) is 4.70. The predicted molar refractivity (Wildman–Crippen MR) is 119 cm³/mol. The summed E-state index contributed by atoms with van der Waals surface area (Å²) in [6.07, 6.45) is 7.46. The Morgan fingerprint density at radius 3 is 2.30 bits per heavy atom. The van der Waals surface area contributed by atoms with Crippen molar-refractivity contribution in [2.75, 3.05) is 0 Å². The van der Waals surface area contributed by atoms with Crippen LogP contribution in [0.4, 0.5) is 0 Å². The molecule has 30 heavy (non-hydrogen) atoms. The van der Waals surface area contributed by atoms with Crippen molar-refractivity contribution >= 4 is 53.8 Å². The van der Waals surface area contributed by atoms with E-state index in [4.69, 9.17) is 0 Å². The number of Topliss-reactive ketones (excluding diaryl/α,β-unsaturated/α-hetero) is 2. The minimum atomic E-state index is -0.177. The fourth-order valence-electron chi connectivity index (χ4n) is 4.01. The second-order valence-corrected chi connectivity index (χ2v) is 9.55. The second kappa shape index (κ2) is 6.49. The van der Waals surface area contributed by atoms with Crippen molar-refractivity contribution in [3.05, 3.63) is 100 Å².